The molecule has 1 rings (SSSR count). The molecule has 3 nitrogen and oxygen atoms in total. The summed E-state index contributed by atoms with van der Waals surface area (Å²) in [6, 6.07) is 0.669. The third-order valence-electron chi connectivity index (χ3n) is 3.48. The van der Waals surface area contributed by atoms with E-state index in [1.165, 1.54) is 39.2 Å². The molecule has 0 aliphatic heterocycles. The standard InChI is InChI=1S/C13H25NO2/c1-11-5-3-6-12(9-8-11)14-10-4-7-13(15)16-2/h11-12,14H,3-10H2,1-2H3. The number of methoxy groups -OCH3 is 1. The van der Waals surface area contributed by atoms with Crippen LogP contribution in [0.15, 0.2) is 0 Å². The van der Waals surface area contributed by atoms with E-state index in [-0.39, 0.29) is 5.97 Å². The lowest BCUT2D eigenvalue weighted by Gasteiger charge is -2.15. The molecule has 94 valence electrons. The summed E-state index contributed by atoms with van der Waals surface area (Å²) in [5, 5.41) is 3.55. The maximum Gasteiger partial charge on any atom is 0.305 e. The second-order valence-electron chi connectivity index (χ2n) is 4.94. The van der Waals surface area contributed by atoms with Crippen molar-refractivity contribution in [1.82, 2.24) is 5.32 Å². The Hall–Kier alpha value is -0.570. The molecule has 2 unspecified atom stereocenters. The number of ether oxygens (including phenoxy) is 1. The summed E-state index contributed by atoms with van der Waals surface area (Å²) in [5.41, 5.74) is 0. The predicted octanol–water partition coefficient (Wildman–Crippen LogP) is 2.50. The Labute approximate surface area is 98.9 Å². The first-order valence-corrected chi connectivity index (χ1v) is 6.52. The Kier molecular flexibility index (Phi) is 6.46. The number of hydrogen-bond donors (Lipinski definition) is 1. The molecule has 0 amide bonds. The highest BCUT2D eigenvalue weighted by Gasteiger charge is 2.15. The Balaban J connectivity index is 2.06. The third kappa shape index (κ3) is 5.50. The molecule has 0 heterocycles. The number of hydrogen-bond acceptors (Lipinski definition) is 3. The van der Waals surface area contributed by atoms with Gasteiger partial charge in [0.1, 0.15) is 0 Å². The molecule has 1 N–H and O–H groups in total. The second-order valence-corrected chi connectivity index (χ2v) is 4.94. The van der Waals surface area contributed by atoms with E-state index in [1.54, 1.807) is 0 Å². The fourth-order valence-electron chi connectivity index (χ4n) is 2.33. The topological polar surface area (TPSA) is 38.3 Å². The summed E-state index contributed by atoms with van der Waals surface area (Å²) in [6.07, 6.45) is 8.07. The third-order valence-corrected chi connectivity index (χ3v) is 3.48. The average molecular weight is 227 g/mol. The molecule has 0 saturated heterocycles. The van der Waals surface area contributed by atoms with Crippen molar-refractivity contribution in [3.63, 3.8) is 0 Å². The molecule has 1 fully saturated rings. The summed E-state index contributed by atoms with van der Waals surface area (Å²) in [7, 11) is 1.45. The lowest BCUT2D eigenvalue weighted by molar-refractivity contribution is -0.140. The molecule has 3 heteroatoms. The van der Waals surface area contributed by atoms with Crippen LogP contribution in [-0.4, -0.2) is 25.7 Å². The van der Waals surface area contributed by atoms with E-state index in [0.29, 0.717) is 12.5 Å². The van der Waals surface area contributed by atoms with Crippen molar-refractivity contribution >= 4 is 5.97 Å². The Morgan fingerprint density at radius 2 is 2.12 bits per heavy atom. The van der Waals surface area contributed by atoms with Crippen molar-refractivity contribution in [2.75, 3.05) is 13.7 Å². The minimum Gasteiger partial charge on any atom is -0.469 e. The highest BCUT2D eigenvalue weighted by atomic mass is 16.5. The zero-order chi connectivity index (χ0) is 11.8. The van der Waals surface area contributed by atoms with Gasteiger partial charge in [-0.15, -0.1) is 0 Å². The quantitative estimate of drug-likeness (QED) is 0.445. The van der Waals surface area contributed by atoms with E-state index in [1.807, 2.05) is 0 Å². The number of rotatable bonds is 5. The molecule has 1 aliphatic carbocycles. The Bertz CT molecular complexity index is 206. The molecular formula is C13H25NO2. The first-order valence-electron chi connectivity index (χ1n) is 6.52. The van der Waals surface area contributed by atoms with Crippen LogP contribution in [0.5, 0.6) is 0 Å². The van der Waals surface area contributed by atoms with Crippen LogP contribution in [0.4, 0.5) is 0 Å². The van der Waals surface area contributed by atoms with E-state index in [9.17, 15) is 4.79 Å². The van der Waals surface area contributed by atoms with Gasteiger partial charge in [-0.1, -0.05) is 19.8 Å². The summed E-state index contributed by atoms with van der Waals surface area (Å²) < 4.78 is 4.61. The van der Waals surface area contributed by atoms with Gasteiger partial charge in [0.05, 0.1) is 7.11 Å². The molecule has 2 atom stereocenters. The molecule has 0 aromatic heterocycles. The van der Waals surface area contributed by atoms with Crippen molar-refractivity contribution in [3.05, 3.63) is 0 Å². The number of carbonyl (C=O) groups excluding carboxylic acids is 1. The van der Waals surface area contributed by atoms with Gasteiger partial charge in [-0.05, 0) is 38.1 Å². The van der Waals surface area contributed by atoms with Crippen LogP contribution >= 0.6 is 0 Å². The van der Waals surface area contributed by atoms with Crippen molar-refractivity contribution in [2.45, 2.75) is 57.9 Å². The molecule has 0 radical (unpaired) electrons. The normalized spacial score (nSPS) is 26.1. The van der Waals surface area contributed by atoms with Gasteiger partial charge in [-0.2, -0.15) is 0 Å². The predicted molar refractivity (Wildman–Crippen MR) is 65.3 cm³/mol. The Morgan fingerprint density at radius 3 is 2.88 bits per heavy atom. The molecule has 1 aliphatic rings. The summed E-state index contributed by atoms with van der Waals surface area (Å²) >= 11 is 0. The van der Waals surface area contributed by atoms with E-state index in [4.69, 9.17) is 0 Å². The zero-order valence-electron chi connectivity index (χ0n) is 10.6. The minimum atomic E-state index is -0.101. The highest BCUT2D eigenvalue weighted by molar-refractivity contribution is 5.69. The lowest BCUT2D eigenvalue weighted by Crippen LogP contribution is -2.29. The summed E-state index contributed by atoms with van der Waals surface area (Å²) in [6.45, 7) is 3.29. The van der Waals surface area contributed by atoms with E-state index < -0.39 is 0 Å². The molecule has 0 spiro atoms. The van der Waals surface area contributed by atoms with Crippen molar-refractivity contribution in [2.24, 2.45) is 5.92 Å². The van der Waals surface area contributed by atoms with Crippen molar-refractivity contribution < 1.29 is 9.53 Å². The second kappa shape index (κ2) is 7.66. The van der Waals surface area contributed by atoms with Gasteiger partial charge in [0.25, 0.3) is 0 Å². The fraction of sp³-hybridized carbons (Fsp3) is 0.923. The smallest absolute Gasteiger partial charge is 0.305 e. The van der Waals surface area contributed by atoms with Gasteiger partial charge in [0.15, 0.2) is 0 Å². The largest absolute Gasteiger partial charge is 0.469 e. The van der Waals surface area contributed by atoms with E-state index in [2.05, 4.69) is 17.0 Å². The molecule has 16 heavy (non-hydrogen) atoms. The van der Waals surface area contributed by atoms with Crippen LogP contribution in [0.3, 0.4) is 0 Å². The Morgan fingerprint density at radius 1 is 1.31 bits per heavy atom. The van der Waals surface area contributed by atoms with Gasteiger partial charge in [-0.25, -0.2) is 0 Å². The van der Waals surface area contributed by atoms with Gasteiger partial charge in [-0.3, -0.25) is 4.79 Å². The maximum atomic E-state index is 10.9. The highest BCUT2D eigenvalue weighted by Crippen LogP contribution is 2.22. The van der Waals surface area contributed by atoms with E-state index >= 15 is 0 Å². The minimum absolute atomic E-state index is 0.101. The average Bonchev–Trinajstić information content (AvgIpc) is 2.49. The zero-order valence-corrected chi connectivity index (χ0v) is 10.6. The van der Waals surface area contributed by atoms with Gasteiger partial charge in [0, 0.05) is 12.5 Å². The number of esters is 1. The summed E-state index contributed by atoms with van der Waals surface area (Å²) in [5.74, 6) is 0.790. The number of carbonyl (C=O) groups is 1. The van der Waals surface area contributed by atoms with Crippen LogP contribution in [0.1, 0.15) is 51.9 Å². The van der Waals surface area contributed by atoms with Gasteiger partial charge < -0.3 is 10.1 Å². The fourth-order valence-corrected chi connectivity index (χ4v) is 2.33. The SMILES string of the molecule is COC(=O)CCCNC1CCCC(C)CC1. The van der Waals surface area contributed by atoms with E-state index in [0.717, 1.165) is 18.9 Å². The van der Waals surface area contributed by atoms with Crippen LogP contribution < -0.4 is 5.32 Å². The molecule has 0 bridgehead atoms. The monoisotopic (exact) mass is 227 g/mol. The van der Waals surface area contributed by atoms with Gasteiger partial charge in [0.2, 0.25) is 0 Å². The van der Waals surface area contributed by atoms with Crippen molar-refractivity contribution in [3.8, 4) is 0 Å². The molecule has 0 aromatic carbocycles. The molecular weight excluding hydrogens is 202 g/mol. The maximum absolute atomic E-state index is 10.9. The summed E-state index contributed by atoms with van der Waals surface area (Å²) in [4.78, 5) is 10.9. The van der Waals surface area contributed by atoms with Crippen LogP contribution in [0, 0.1) is 5.92 Å². The van der Waals surface area contributed by atoms with Crippen LogP contribution in [0.2, 0.25) is 0 Å². The number of nitrogens with one attached hydrogen (secondary N) is 1. The van der Waals surface area contributed by atoms with Gasteiger partial charge >= 0.3 is 5.97 Å². The lowest BCUT2D eigenvalue weighted by atomic mass is 10.0. The first kappa shape index (κ1) is 13.5. The first-order chi connectivity index (χ1) is 7.72. The molecule has 0 aromatic rings. The van der Waals surface area contributed by atoms with Crippen LogP contribution in [0.25, 0.3) is 0 Å². The molecule has 1 saturated carbocycles. The van der Waals surface area contributed by atoms with Crippen LogP contribution in [-0.2, 0) is 9.53 Å². The van der Waals surface area contributed by atoms with Crippen molar-refractivity contribution in [1.29, 1.82) is 0 Å².